The van der Waals surface area contributed by atoms with Crippen molar-refractivity contribution in [3.63, 3.8) is 0 Å². The second-order valence-electron chi connectivity index (χ2n) is 12.4. The molecule has 6 aliphatic rings. The van der Waals surface area contributed by atoms with Crippen LogP contribution in [0.2, 0.25) is 0 Å². The lowest BCUT2D eigenvalue weighted by molar-refractivity contribution is -0.150. The van der Waals surface area contributed by atoms with E-state index < -0.39 is 0 Å². The predicted molar refractivity (Wildman–Crippen MR) is 154 cm³/mol. The summed E-state index contributed by atoms with van der Waals surface area (Å²) in [4.78, 5) is 24.9. The molecule has 0 spiro atoms. The standard InChI is InChI=1S/C31H36N8O2/c32-12-22-14-35-38-19-27(41-8-7-37-23-9-24(37)16-33-15-23)11-28(30(22)38)21-5-6-29(34-13-21)36-17-25-10-26(18-36)39(25)31(40)20-3-1-2-4-20/h5-6,11,13-14,19-20,23-26,33H,1-4,7-10,15-18H2. The lowest BCUT2D eigenvalue weighted by Crippen LogP contribution is -2.71. The summed E-state index contributed by atoms with van der Waals surface area (Å²) in [6.45, 7) is 5.32. The van der Waals surface area contributed by atoms with E-state index >= 15 is 0 Å². The first-order valence-electron chi connectivity index (χ1n) is 15.2. The van der Waals surface area contributed by atoms with Gasteiger partial charge in [-0.3, -0.25) is 9.69 Å². The number of hydrogen-bond acceptors (Lipinski definition) is 8. The van der Waals surface area contributed by atoms with Crippen molar-refractivity contribution in [2.75, 3.05) is 44.2 Å². The normalized spacial score (nSPS) is 27.4. The van der Waals surface area contributed by atoms with Gasteiger partial charge in [0, 0.05) is 68.0 Å². The molecule has 1 amide bonds. The Labute approximate surface area is 239 Å². The third kappa shape index (κ3) is 4.25. The summed E-state index contributed by atoms with van der Waals surface area (Å²) < 4.78 is 7.97. The fourth-order valence-electron chi connectivity index (χ4n) is 7.95. The van der Waals surface area contributed by atoms with E-state index in [9.17, 15) is 10.1 Å². The number of aromatic nitrogens is 3. The number of hydrogen-bond donors (Lipinski definition) is 1. The number of carbonyl (C=O) groups is 1. The zero-order valence-corrected chi connectivity index (χ0v) is 23.3. The second-order valence-corrected chi connectivity index (χ2v) is 12.4. The summed E-state index contributed by atoms with van der Waals surface area (Å²) in [6.07, 6.45) is 12.2. The van der Waals surface area contributed by atoms with Gasteiger partial charge in [0.25, 0.3) is 0 Å². The molecule has 3 aromatic rings. The van der Waals surface area contributed by atoms with E-state index in [1.54, 1.807) is 10.7 Å². The molecule has 9 rings (SSSR count). The van der Waals surface area contributed by atoms with Gasteiger partial charge in [-0.1, -0.05) is 12.8 Å². The molecule has 0 aromatic carbocycles. The number of nitrogens with one attached hydrogen (secondary N) is 1. The highest BCUT2D eigenvalue weighted by Crippen LogP contribution is 2.39. The van der Waals surface area contributed by atoms with Gasteiger partial charge in [-0.05, 0) is 43.9 Å². The van der Waals surface area contributed by atoms with Crippen LogP contribution >= 0.6 is 0 Å². The van der Waals surface area contributed by atoms with E-state index in [1.807, 2.05) is 18.5 Å². The van der Waals surface area contributed by atoms with E-state index in [2.05, 4.69) is 43.3 Å². The molecule has 5 aliphatic heterocycles. The van der Waals surface area contributed by atoms with E-state index in [0.717, 1.165) is 80.2 Å². The van der Waals surface area contributed by atoms with Gasteiger partial charge in [0.15, 0.2) is 0 Å². The number of nitrogens with zero attached hydrogens (tertiary/aromatic N) is 7. The number of carbonyl (C=O) groups excluding carboxylic acids is 1. The Morgan fingerprint density at radius 3 is 2.56 bits per heavy atom. The van der Waals surface area contributed by atoms with Gasteiger partial charge in [-0.15, -0.1) is 0 Å². The van der Waals surface area contributed by atoms with Gasteiger partial charge in [-0.25, -0.2) is 9.50 Å². The third-order valence-corrected chi connectivity index (χ3v) is 10.1. The van der Waals surface area contributed by atoms with Crippen LogP contribution in [-0.2, 0) is 4.79 Å². The summed E-state index contributed by atoms with van der Waals surface area (Å²) in [5, 5.41) is 17.7. The lowest BCUT2D eigenvalue weighted by atomic mass is 9.85. The Bertz CT molecular complexity index is 1480. The monoisotopic (exact) mass is 552 g/mol. The van der Waals surface area contributed by atoms with Gasteiger partial charge in [0.1, 0.15) is 24.2 Å². The van der Waals surface area contributed by atoms with Crippen LogP contribution < -0.4 is 15.0 Å². The van der Waals surface area contributed by atoms with Crippen LogP contribution in [0.15, 0.2) is 36.8 Å². The SMILES string of the molecule is N#Cc1cnn2cc(OCCN3C4CNCC3C4)cc(-c3ccc(N4CC5CC(C4)N5C(=O)C4CCCC4)nc3)c12. The molecule has 6 fully saturated rings. The molecule has 1 saturated carbocycles. The van der Waals surface area contributed by atoms with Crippen LogP contribution in [0, 0.1) is 17.2 Å². The van der Waals surface area contributed by atoms with Crippen LogP contribution in [-0.4, -0.2) is 93.8 Å². The van der Waals surface area contributed by atoms with Crippen LogP contribution in [0.5, 0.6) is 5.75 Å². The molecule has 0 radical (unpaired) electrons. The summed E-state index contributed by atoms with van der Waals surface area (Å²) in [5.41, 5.74) is 3.10. The number of amides is 1. The smallest absolute Gasteiger partial charge is 0.226 e. The van der Waals surface area contributed by atoms with E-state index in [4.69, 9.17) is 9.72 Å². The van der Waals surface area contributed by atoms with Gasteiger partial charge in [0.05, 0.1) is 35.6 Å². The molecule has 41 heavy (non-hydrogen) atoms. The molecule has 5 saturated heterocycles. The fraction of sp³-hybridized carbons (Fsp3) is 0.548. The Hall–Kier alpha value is -3.68. The molecule has 1 aliphatic carbocycles. The maximum atomic E-state index is 13.1. The molecular weight excluding hydrogens is 516 g/mol. The van der Waals surface area contributed by atoms with Crippen LogP contribution in [0.4, 0.5) is 5.82 Å². The molecule has 1 N–H and O–H groups in total. The first-order chi connectivity index (χ1) is 20.2. The summed E-state index contributed by atoms with van der Waals surface area (Å²) in [5.74, 6) is 2.30. The van der Waals surface area contributed by atoms with Gasteiger partial charge in [-0.2, -0.15) is 10.4 Å². The van der Waals surface area contributed by atoms with Crippen LogP contribution in [0.3, 0.4) is 0 Å². The first-order valence-corrected chi connectivity index (χ1v) is 15.2. The van der Waals surface area contributed by atoms with Crippen molar-refractivity contribution < 1.29 is 9.53 Å². The first kappa shape index (κ1) is 25.1. The van der Waals surface area contributed by atoms with Crippen molar-refractivity contribution in [2.24, 2.45) is 5.92 Å². The molecule has 8 heterocycles. The number of pyridine rings is 2. The lowest BCUT2D eigenvalue weighted by Gasteiger charge is -2.57. The van der Waals surface area contributed by atoms with Gasteiger partial charge < -0.3 is 19.9 Å². The van der Waals surface area contributed by atoms with Crippen molar-refractivity contribution >= 4 is 17.2 Å². The molecule has 10 heteroatoms. The quantitative estimate of drug-likeness (QED) is 0.478. The fourth-order valence-corrected chi connectivity index (χ4v) is 7.95. The number of ether oxygens (including phenoxy) is 1. The minimum Gasteiger partial charge on any atom is -0.491 e. The summed E-state index contributed by atoms with van der Waals surface area (Å²) in [7, 11) is 0. The number of fused-ring (bicyclic) bond motifs is 5. The molecule has 4 bridgehead atoms. The summed E-state index contributed by atoms with van der Waals surface area (Å²) >= 11 is 0. The Balaban J connectivity index is 0.986. The minimum absolute atomic E-state index is 0.246. The van der Waals surface area contributed by atoms with E-state index in [-0.39, 0.29) is 5.92 Å². The van der Waals surface area contributed by atoms with E-state index in [0.29, 0.717) is 42.2 Å². The third-order valence-electron chi connectivity index (χ3n) is 10.1. The number of rotatable bonds is 7. The largest absolute Gasteiger partial charge is 0.491 e. The average molecular weight is 553 g/mol. The number of piperidine rings is 2. The maximum absolute atomic E-state index is 13.1. The number of nitriles is 1. The van der Waals surface area contributed by atoms with Gasteiger partial charge in [0.2, 0.25) is 5.91 Å². The van der Waals surface area contributed by atoms with Crippen molar-refractivity contribution in [1.82, 2.24) is 29.7 Å². The average Bonchev–Trinajstić information content (AvgIpc) is 3.70. The molecule has 4 unspecified atom stereocenters. The molecule has 212 valence electrons. The van der Waals surface area contributed by atoms with E-state index in [1.165, 1.54) is 19.3 Å². The topological polar surface area (TPSA) is 102 Å². The van der Waals surface area contributed by atoms with Gasteiger partial charge >= 0.3 is 0 Å². The highest BCUT2D eigenvalue weighted by molar-refractivity contribution is 5.85. The van der Waals surface area contributed by atoms with Crippen molar-refractivity contribution in [2.45, 2.75) is 62.7 Å². The second kappa shape index (κ2) is 10.00. The van der Waals surface area contributed by atoms with Crippen molar-refractivity contribution in [3.8, 4) is 22.9 Å². The molecule has 10 nitrogen and oxygen atoms in total. The van der Waals surface area contributed by atoms with Crippen molar-refractivity contribution in [3.05, 3.63) is 42.4 Å². The van der Waals surface area contributed by atoms with Crippen molar-refractivity contribution in [1.29, 1.82) is 5.26 Å². The highest BCUT2D eigenvalue weighted by Gasteiger charge is 2.49. The highest BCUT2D eigenvalue weighted by atomic mass is 16.5. The molecule has 4 atom stereocenters. The number of piperazine rings is 2. The van der Waals surface area contributed by atoms with Crippen LogP contribution in [0.1, 0.15) is 44.1 Å². The minimum atomic E-state index is 0.246. The molecule has 3 aromatic heterocycles. The Morgan fingerprint density at radius 1 is 1.07 bits per heavy atom. The number of anilines is 1. The molecular formula is C31H36N8O2. The Morgan fingerprint density at radius 2 is 1.85 bits per heavy atom. The summed E-state index contributed by atoms with van der Waals surface area (Å²) in [6, 6.07) is 10.3. The maximum Gasteiger partial charge on any atom is 0.226 e. The predicted octanol–water partition coefficient (Wildman–Crippen LogP) is 2.67. The van der Waals surface area contributed by atoms with Crippen LogP contribution in [0.25, 0.3) is 16.6 Å². The zero-order valence-electron chi connectivity index (χ0n) is 23.3. The Kier molecular flexibility index (Phi) is 6.11. The zero-order chi connectivity index (χ0) is 27.5.